The molecule has 0 aromatic heterocycles. The summed E-state index contributed by atoms with van der Waals surface area (Å²) in [6, 6.07) is 7.76. The lowest BCUT2D eigenvalue weighted by Crippen LogP contribution is -2.34. The molecule has 2 N–H and O–H groups in total. The van der Waals surface area contributed by atoms with Gasteiger partial charge in [0.25, 0.3) is 0 Å². The summed E-state index contributed by atoms with van der Waals surface area (Å²) in [6.07, 6.45) is 5.18. The normalized spacial score (nSPS) is 22.6. The van der Waals surface area contributed by atoms with Crippen molar-refractivity contribution in [1.82, 2.24) is 5.32 Å². The maximum Gasteiger partial charge on any atom is 0.335 e. The lowest BCUT2D eigenvalue weighted by Gasteiger charge is -2.29. The first-order valence-corrected chi connectivity index (χ1v) is 8.41. The van der Waals surface area contributed by atoms with Crippen LogP contribution in [0.15, 0.2) is 24.3 Å². The summed E-state index contributed by atoms with van der Waals surface area (Å²) in [4.78, 5) is 10.8. The number of hydrogen-bond acceptors (Lipinski definition) is 3. The molecule has 0 bridgehead atoms. The second kappa shape index (κ2) is 7.70. The van der Waals surface area contributed by atoms with Crippen molar-refractivity contribution in [1.29, 1.82) is 0 Å². The van der Waals surface area contributed by atoms with Gasteiger partial charge in [-0.25, -0.2) is 4.79 Å². The monoisotopic (exact) mass is 293 g/mol. The number of thioether (sulfide) groups is 1. The molecule has 0 amide bonds. The van der Waals surface area contributed by atoms with Gasteiger partial charge in [0, 0.05) is 17.8 Å². The third kappa shape index (κ3) is 4.53. The minimum atomic E-state index is -0.865. The smallest absolute Gasteiger partial charge is 0.335 e. The van der Waals surface area contributed by atoms with Crippen LogP contribution in [0, 0.1) is 0 Å². The van der Waals surface area contributed by atoms with Gasteiger partial charge in [0.1, 0.15) is 0 Å². The summed E-state index contributed by atoms with van der Waals surface area (Å²) in [7, 11) is 0. The summed E-state index contributed by atoms with van der Waals surface area (Å²) in [5.74, 6) is 0.338. The maximum atomic E-state index is 10.8. The van der Waals surface area contributed by atoms with Gasteiger partial charge in [-0.1, -0.05) is 25.5 Å². The topological polar surface area (TPSA) is 49.3 Å². The molecule has 1 aliphatic rings. The number of aromatic carboxylic acids is 1. The van der Waals surface area contributed by atoms with E-state index in [-0.39, 0.29) is 0 Å². The van der Waals surface area contributed by atoms with Gasteiger partial charge in [0.15, 0.2) is 0 Å². The molecule has 4 heteroatoms. The summed E-state index contributed by atoms with van der Waals surface area (Å²) in [6.45, 7) is 3.06. The van der Waals surface area contributed by atoms with E-state index in [1.165, 1.54) is 31.4 Å². The third-order valence-electron chi connectivity index (χ3n) is 3.82. The molecule has 0 radical (unpaired) electrons. The molecule has 0 saturated heterocycles. The van der Waals surface area contributed by atoms with E-state index in [1.807, 2.05) is 12.1 Å². The number of carbonyl (C=O) groups is 1. The molecule has 1 aromatic carbocycles. The fourth-order valence-corrected chi connectivity index (χ4v) is 3.92. The van der Waals surface area contributed by atoms with E-state index in [2.05, 4.69) is 24.0 Å². The average molecular weight is 293 g/mol. The van der Waals surface area contributed by atoms with E-state index >= 15 is 0 Å². The van der Waals surface area contributed by atoms with Crippen LogP contribution in [0.1, 0.15) is 48.5 Å². The number of benzene rings is 1. The van der Waals surface area contributed by atoms with Gasteiger partial charge in [0.05, 0.1) is 5.56 Å². The molecular formula is C16H23NO2S. The van der Waals surface area contributed by atoms with E-state index in [1.54, 1.807) is 12.1 Å². The zero-order valence-corrected chi connectivity index (χ0v) is 12.8. The van der Waals surface area contributed by atoms with Crippen molar-refractivity contribution >= 4 is 17.7 Å². The molecule has 1 aliphatic carbocycles. The van der Waals surface area contributed by atoms with Crippen molar-refractivity contribution in [2.24, 2.45) is 0 Å². The standard InChI is InChI=1S/C16H23NO2S/c1-2-20-15-5-3-4-14(10-15)17-11-12-6-8-13(9-7-12)16(18)19/h6-9,14-15,17H,2-5,10-11H2,1H3,(H,18,19). The molecule has 20 heavy (non-hydrogen) atoms. The Hall–Kier alpha value is -1.00. The van der Waals surface area contributed by atoms with Gasteiger partial charge in [-0.3, -0.25) is 0 Å². The Bertz CT molecular complexity index is 431. The zero-order chi connectivity index (χ0) is 14.4. The second-order valence-corrected chi connectivity index (χ2v) is 6.90. The van der Waals surface area contributed by atoms with Crippen LogP contribution in [-0.2, 0) is 6.54 Å². The highest BCUT2D eigenvalue weighted by atomic mass is 32.2. The van der Waals surface area contributed by atoms with Crippen molar-refractivity contribution in [2.45, 2.75) is 50.4 Å². The number of carboxylic acids is 1. The van der Waals surface area contributed by atoms with Crippen LogP contribution in [-0.4, -0.2) is 28.1 Å². The van der Waals surface area contributed by atoms with E-state index < -0.39 is 5.97 Å². The molecule has 110 valence electrons. The predicted molar refractivity (Wildman–Crippen MR) is 84.4 cm³/mol. The fourth-order valence-electron chi connectivity index (χ4n) is 2.74. The quantitative estimate of drug-likeness (QED) is 0.842. The van der Waals surface area contributed by atoms with Crippen molar-refractivity contribution < 1.29 is 9.90 Å². The lowest BCUT2D eigenvalue weighted by molar-refractivity contribution is 0.0697. The number of nitrogens with one attached hydrogen (secondary N) is 1. The SMILES string of the molecule is CCSC1CCCC(NCc2ccc(C(=O)O)cc2)C1. The fraction of sp³-hybridized carbons (Fsp3) is 0.562. The highest BCUT2D eigenvalue weighted by Crippen LogP contribution is 2.28. The Balaban J connectivity index is 1.80. The van der Waals surface area contributed by atoms with Crippen molar-refractivity contribution in [3.63, 3.8) is 0 Å². The number of hydrogen-bond donors (Lipinski definition) is 2. The maximum absolute atomic E-state index is 10.8. The summed E-state index contributed by atoms with van der Waals surface area (Å²) in [5, 5.41) is 13.3. The van der Waals surface area contributed by atoms with Crippen molar-refractivity contribution in [3.05, 3.63) is 35.4 Å². The van der Waals surface area contributed by atoms with E-state index in [4.69, 9.17) is 5.11 Å². The summed E-state index contributed by atoms with van der Waals surface area (Å²) >= 11 is 2.08. The molecule has 1 saturated carbocycles. The Morgan fingerprint density at radius 1 is 1.35 bits per heavy atom. The lowest BCUT2D eigenvalue weighted by atomic mass is 9.95. The van der Waals surface area contributed by atoms with Crippen LogP contribution in [0.5, 0.6) is 0 Å². The van der Waals surface area contributed by atoms with Gasteiger partial charge < -0.3 is 10.4 Å². The molecule has 1 fully saturated rings. The molecule has 2 unspecified atom stereocenters. The van der Waals surface area contributed by atoms with Crippen LogP contribution >= 0.6 is 11.8 Å². The first kappa shape index (κ1) is 15.4. The Morgan fingerprint density at radius 3 is 2.75 bits per heavy atom. The van der Waals surface area contributed by atoms with Crippen LogP contribution in [0.3, 0.4) is 0 Å². The van der Waals surface area contributed by atoms with Gasteiger partial charge in [-0.2, -0.15) is 11.8 Å². The van der Waals surface area contributed by atoms with Crippen LogP contribution < -0.4 is 5.32 Å². The van der Waals surface area contributed by atoms with Crippen molar-refractivity contribution in [3.8, 4) is 0 Å². The minimum absolute atomic E-state index is 0.353. The van der Waals surface area contributed by atoms with E-state index in [0.29, 0.717) is 11.6 Å². The molecule has 2 atom stereocenters. The summed E-state index contributed by atoms with van der Waals surface area (Å²) in [5.41, 5.74) is 1.51. The van der Waals surface area contributed by atoms with Gasteiger partial charge >= 0.3 is 5.97 Å². The number of rotatable bonds is 6. The van der Waals surface area contributed by atoms with Crippen LogP contribution in [0.25, 0.3) is 0 Å². The minimum Gasteiger partial charge on any atom is -0.478 e. The largest absolute Gasteiger partial charge is 0.478 e. The number of carboxylic acid groups (broad SMARTS) is 1. The van der Waals surface area contributed by atoms with E-state index in [9.17, 15) is 4.79 Å². The molecule has 0 aliphatic heterocycles. The summed E-state index contributed by atoms with van der Waals surface area (Å²) < 4.78 is 0. The Morgan fingerprint density at radius 2 is 2.10 bits per heavy atom. The molecule has 3 nitrogen and oxygen atoms in total. The molecule has 0 spiro atoms. The highest BCUT2D eigenvalue weighted by Gasteiger charge is 2.21. The van der Waals surface area contributed by atoms with Gasteiger partial charge in [0.2, 0.25) is 0 Å². The molecular weight excluding hydrogens is 270 g/mol. The highest BCUT2D eigenvalue weighted by molar-refractivity contribution is 7.99. The van der Waals surface area contributed by atoms with Gasteiger partial charge in [-0.05, 0) is 42.7 Å². The molecule has 0 heterocycles. The second-order valence-electron chi connectivity index (χ2n) is 5.32. The van der Waals surface area contributed by atoms with Crippen LogP contribution in [0.4, 0.5) is 0 Å². The first-order chi connectivity index (χ1) is 9.69. The Labute approximate surface area is 125 Å². The third-order valence-corrected chi connectivity index (χ3v) is 5.06. The molecule has 1 aromatic rings. The first-order valence-electron chi connectivity index (χ1n) is 7.36. The van der Waals surface area contributed by atoms with Crippen molar-refractivity contribution in [2.75, 3.05) is 5.75 Å². The van der Waals surface area contributed by atoms with Gasteiger partial charge in [-0.15, -0.1) is 0 Å². The van der Waals surface area contributed by atoms with Crippen LogP contribution in [0.2, 0.25) is 0 Å². The Kier molecular flexibility index (Phi) is 5.92. The van der Waals surface area contributed by atoms with E-state index in [0.717, 1.165) is 17.4 Å². The average Bonchev–Trinajstić information content (AvgIpc) is 2.46. The zero-order valence-electron chi connectivity index (χ0n) is 12.0. The predicted octanol–water partition coefficient (Wildman–Crippen LogP) is 3.54. The molecule has 2 rings (SSSR count).